The largest absolute Gasteiger partial charge is 0.418 e. The van der Waals surface area contributed by atoms with E-state index in [9.17, 15) is 10.1 Å². The van der Waals surface area contributed by atoms with Gasteiger partial charge in [-0.1, -0.05) is 0 Å². The number of hydrogen-bond acceptors (Lipinski definition) is 6. The third-order valence-electron chi connectivity index (χ3n) is 2.05. The van der Waals surface area contributed by atoms with Crippen LogP contribution in [-0.2, 0) is 14.3 Å². The Hall–Kier alpha value is -1.21. The van der Waals surface area contributed by atoms with Crippen LogP contribution in [0.3, 0.4) is 0 Å². The second-order valence-corrected chi connectivity index (χ2v) is 2.81. The first-order valence-corrected chi connectivity index (χ1v) is 3.78. The van der Waals surface area contributed by atoms with Crippen LogP contribution in [0.2, 0.25) is 0 Å². The molecule has 7 heteroatoms. The molecule has 0 aromatic carbocycles. The van der Waals surface area contributed by atoms with Crippen LogP contribution >= 0.6 is 0 Å². The number of nitrogens with zero attached hydrogens (tertiary/aromatic N) is 2. The second-order valence-electron chi connectivity index (χ2n) is 2.81. The monoisotopic (exact) mass is 188 g/mol. The van der Waals surface area contributed by atoms with Gasteiger partial charge in [-0.25, -0.2) is 0 Å². The highest BCUT2D eigenvalue weighted by Gasteiger charge is 2.52. The van der Waals surface area contributed by atoms with Gasteiger partial charge >= 0.3 is 5.84 Å². The molecular formula is C6H8N2O5. The Morgan fingerprint density at radius 1 is 1.77 bits per heavy atom. The minimum atomic E-state index is -0.681. The van der Waals surface area contributed by atoms with Gasteiger partial charge in [-0.2, -0.15) is 0 Å². The van der Waals surface area contributed by atoms with Crippen molar-refractivity contribution >= 4 is 5.84 Å². The van der Waals surface area contributed by atoms with E-state index in [1.54, 1.807) is 0 Å². The molecule has 1 saturated heterocycles. The van der Waals surface area contributed by atoms with Crippen molar-refractivity contribution in [2.45, 2.75) is 24.9 Å². The van der Waals surface area contributed by atoms with Crippen molar-refractivity contribution in [2.75, 3.05) is 7.11 Å². The molecule has 2 aliphatic heterocycles. The van der Waals surface area contributed by atoms with Crippen LogP contribution in [-0.4, -0.2) is 36.4 Å². The number of oxime groups is 1. The molecule has 7 nitrogen and oxygen atoms in total. The zero-order chi connectivity index (χ0) is 9.42. The van der Waals surface area contributed by atoms with Gasteiger partial charge < -0.3 is 19.6 Å². The summed E-state index contributed by atoms with van der Waals surface area (Å²) in [6, 6.07) is 0. The second kappa shape index (κ2) is 2.93. The molecule has 0 aromatic rings. The molecule has 13 heavy (non-hydrogen) atoms. The highest BCUT2D eigenvalue weighted by Crippen LogP contribution is 2.29. The van der Waals surface area contributed by atoms with E-state index in [1.165, 1.54) is 7.11 Å². The van der Waals surface area contributed by atoms with Crippen molar-refractivity contribution in [3.05, 3.63) is 10.1 Å². The number of ether oxygens (including phenoxy) is 2. The summed E-state index contributed by atoms with van der Waals surface area (Å²) in [5.74, 6) is -0.274. The summed E-state index contributed by atoms with van der Waals surface area (Å²) in [6.45, 7) is 0. The average molecular weight is 188 g/mol. The summed E-state index contributed by atoms with van der Waals surface area (Å²) < 4.78 is 10.1. The maximum atomic E-state index is 10.4. The van der Waals surface area contributed by atoms with Crippen molar-refractivity contribution in [1.29, 1.82) is 0 Å². The Morgan fingerprint density at radius 3 is 3.15 bits per heavy atom. The van der Waals surface area contributed by atoms with Crippen molar-refractivity contribution in [3.63, 3.8) is 0 Å². The van der Waals surface area contributed by atoms with Gasteiger partial charge in [0, 0.05) is 13.5 Å². The topological polar surface area (TPSA) is 83.2 Å². The molecular weight excluding hydrogens is 180 g/mol. The summed E-state index contributed by atoms with van der Waals surface area (Å²) in [4.78, 5) is 14.6. The van der Waals surface area contributed by atoms with Crippen molar-refractivity contribution < 1.29 is 19.2 Å². The number of fused-ring (bicyclic) bond motifs is 1. The highest BCUT2D eigenvalue weighted by molar-refractivity contribution is 5.80. The zero-order valence-corrected chi connectivity index (χ0v) is 6.87. The van der Waals surface area contributed by atoms with Crippen LogP contribution in [0, 0.1) is 10.1 Å². The fourth-order valence-electron chi connectivity index (χ4n) is 1.41. The Kier molecular flexibility index (Phi) is 1.89. The van der Waals surface area contributed by atoms with Gasteiger partial charge in [0.05, 0.1) is 0 Å². The molecule has 0 bridgehead atoms. The molecule has 0 unspecified atom stereocenters. The lowest BCUT2D eigenvalue weighted by molar-refractivity contribution is -0.359. The van der Waals surface area contributed by atoms with E-state index < -0.39 is 17.3 Å². The van der Waals surface area contributed by atoms with Crippen LogP contribution in [0.25, 0.3) is 0 Å². The van der Waals surface area contributed by atoms with Gasteiger partial charge in [0.25, 0.3) is 0 Å². The normalized spacial score (nSPS) is 36.7. The smallest absolute Gasteiger partial charge is 0.358 e. The summed E-state index contributed by atoms with van der Waals surface area (Å²) >= 11 is 0. The lowest BCUT2D eigenvalue weighted by Crippen LogP contribution is -2.30. The lowest BCUT2D eigenvalue weighted by Gasteiger charge is -2.06. The summed E-state index contributed by atoms with van der Waals surface area (Å²) in [5.41, 5.74) is 0. The van der Waals surface area contributed by atoms with Crippen molar-refractivity contribution in [3.8, 4) is 0 Å². The average Bonchev–Trinajstić information content (AvgIpc) is 2.59. The first-order valence-electron chi connectivity index (χ1n) is 3.78. The van der Waals surface area contributed by atoms with E-state index in [0.717, 1.165) is 0 Å². The van der Waals surface area contributed by atoms with E-state index in [2.05, 4.69) is 5.16 Å². The predicted octanol–water partition coefficient (Wildman–Crippen LogP) is -0.263. The van der Waals surface area contributed by atoms with Crippen molar-refractivity contribution in [2.24, 2.45) is 5.16 Å². The minimum Gasteiger partial charge on any atom is -0.358 e. The maximum absolute atomic E-state index is 10.4. The number of amidine groups is 1. The van der Waals surface area contributed by atoms with Crippen LogP contribution in [0.5, 0.6) is 0 Å². The van der Waals surface area contributed by atoms with Crippen LogP contribution in [0.15, 0.2) is 5.16 Å². The first kappa shape index (κ1) is 8.39. The SMILES string of the molecule is CO[C@@H]1C[C@H]2ON=C([N+](=O)[O-])[C@H]2O1. The molecule has 0 aromatic heterocycles. The first-order chi connectivity index (χ1) is 6.22. The van der Waals surface area contributed by atoms with Crippen LogP contribution in [0.1, 0.15) is 6.42 Å². The van der Waals surface area contributed by atoms with E-state index in [-0.39, 0.29) is 11.9 Å². The number of rotatable bonds is 1. The van der Waals surface area contributed by atoms with E-state index in [1.807, 2.05) is 0 Å². The van der Waals surface area contributed by atoms with Crippen LogP contribution in [0.4, 0.5) is 0 Å². The number of nitro groups is 1. The Balaban J connectivity index is 2.09. The Bertz CT molecular complexity index is 266. The molecule has 2 rings (SSSR count). The van der Waals surface area contributed by atoms with E-state index in [0.29, 0.717) is 6.42 Å². The van der Waals surface area contributed by atoms with Gasteiger partial charge in [-0.15, -0.1) is 0 Å². The lowest BCUT2D eigenvalue weighted by atomic mass is 10.2. The highest BCUT2D eigenvalue weighted by atomic mass is 16.7. The van der Waals surface area contributed by atoms with Gasteiger partial charge in [0.15, 0.2) is 17.5 Å². The molecule has 2 heterocycles. The molecule has 72 valence electrons. The molecule has 0 amide bonds. The number of hydrogen-bond donors (Lipinski definition) is 0. The molecule has 2 aliphatic rings. The third-order valence-corrected chi connectivity index (χ3v) is 2.05. The van der Waals surface area contributed by atoms with Gasteiger partial charge in [0.1, 0.15) is 0 Å². The van der Waals surface area contributed by atoms with Gasteiger partial charge in [0.2, 0.25) is 6.10 Å². The molecule has 0 N–H and O–H groups in total. The summed E-state index contributed by atoms with van der Waals surface area (Å²) in [7, 11) is 1.48. The Morgan fingerprint density at radius 2 is 2.54 bits per heavy atom. The van der Waals surface area contributed by atoms with Crippen LogP contribution < -0.4 is 0 Å². The van der Waals surface area contributed by atoms with Crippen molar-refractivity contribution in [1.82, 2.24) is 0 Å². The standard InChI is InChI=1S/C6H8N2O5/c1-11-4-2-3-5(12-4)6(7-13-3)8(9)10/h3-5H,2H2,1H3/t3-,4+,5+/m1/s1. The Labute approximate surface area is 73.4 Å². The predicted molar refractivity (Wildman–Crippen MR) is 39.6 cm³/mol. The fraction of sp³-hybridized carbons (Fsp3) is 0.833. The molecule has 0 spiro atoms. The fourth-order valence-corrected chi connectivity index (χ4v) is 1.41. The molecule has 0 saturated carbocycles. The summed E-state index contributed by atoms with van der Waals surface area (Å²) in [6.07, 6.45) is -1.01. The van der Waals surface area contributed by atoms with Gasteiger partial charge in [-0.05, 0) is 4.92 Å². The van der Waals surface area contributed by atoms with E-state index >= 15 is 0 Å². The quantitative estimate of drug-likeness (QED) is 0.418. The summed E-state index contributed by atoms with van der Waals surface area (Å²) in [5, 5.41) is 13.7. The molecule has 3 atom stereocenters. The molecule has 0 aliphatic carbocycles. The van der Waals surface area contributed by atoms with Gasteiger partial charge in [-0.3, -0.25) is 4.84 Å². The number of methoxy groups -OCH3 is 1. The molecule has 0 radical (unpaired) electrons. The zero-order valence-electron chi connectivity index (χ0n) is 6.87. The third kappa shape index (κ3) is 1.25. The minimum absolute atomic E-state index is 0.274. The molecule has 1 fully saturated rings. The maximum Gasteiger partial charge on any atom is 0.418 e. The van der Waals surface area contributed by atoms with E-state index in [4.69, 9.17) is 14.3 Å².